The van der Waals surface area contributed by atoms with Gasteiger partial charge in [-0.25, -0.2) is 4.79 Å². The SMILES string of the molecule is C/C=C(\C=C/NC)/C=C/c1c(C)n(CCSC(=O)OCC)c2ccccc12. The van der Waals surface area contributed by atoms with Crippen LogP contribution in [0, 0.1) is 6.92 Å². The van der Waals surface area contributed by atoms with E-state index in [0.717, 1.165) is 12.1 Å². The van der Waals surface area contributed by atoms with Gasteiger partial charge in [-0.05, 0) is 56.4 Å². The molecular weight excluding hydrogens is 356 g/mol. The fourth-order valence-electron chi connectivity index (χ4n) is 2.94. The normalized spacial score (nSPS) is 12.4. The van der Waals surface area contributed by atoms with Crippen LogP contribution in [0.4, 0.5) is 4.79 Å². The standard InChI is InChI=1S/C22H28N2O2S/c1-5-18(13-14-23-4)11-12-19-17(3)24(15-16-27-22(25)26-6-2)21-10-8-7-9-20(19)21/h5,7-14,23H,6,15-16H2,1-4H3/b12-11+,14-13-,18-5-. The summed E-state index contributed by atoms with van der Waals surface area (Å²) in [4.78, 5) is 11.6. The fourth-order valence-corrected chi connectivity index (χ4v) is 3.58. The molecule has 0 spiro atoms. The van der Waals surface area contributed by atoms with Crippen molar-refractivity contribution >= 4 is 34.0 Å². The molecule has 0 saturated carbocycles. The molecule has 0 aliphatic rings. The summed E-state index contributed by atoms with van der Waals surface area (Å²) >= 11 is 1.23. The zero-order valence-corrected chi connectivity index (χ0v) is 17.3. The molecule has 0 saturated heterocycles. The van der Waals surface area contributed by atoms with Gasteiger partial charge < -0.3 is 14.6 Å². The molecule has 4 nitrogen and oxygen atoms in total. The summed E-state index contributed by atoms with van der Waals surface area (Å²) in [5.74, 6) is 0.687. The van der Waals surface area contributed by atoms with Gasteiger partial charge in [-0.15, -0.1) is 0 Å². The quantitative estimate of drug-likeness (QED) is 0.480. The number of ether oxygens (including phenoxy) is 1. The second-order valence-corrected chi connectivity index (χ2v) is 6.97. The second kappa shape index (κ2) is 10.7. The molecule has 144 valence electrons. The number of hydrogen-bond acceptors (Lipinski definition) is 4. The predicted molar refractivity (Wildman–Crippen MR) is 117 cm³/mol. The third kappa shape index (κ3) is 5.54. The molecule has 1 aromatic heterocycles. The maximum atomic E-state index is 11.6. The van der Waals surface area contributed by atoms with Crippen LogP contribution in [0.5, 0.6) is 0 Å². The van der Waals surface area contributed by atoms with Gasteiger partial charge in [0.2, 0.25) is 0 Å². The van der Waals surface area contributed by atoms with Crippen molar-refractivity contribution in [2.24, 2.45) is 0 Å². The van der Waals surface area contributed by atoms with E-state index in [2.05, 4.69) is 59.3 Å². The maximum Gasteiger partial charge on any atom is 0.367 e. The average molecular weight is 385 g/mol. The lowest BCUT2D eigenvalue weighted by Gasteiger charge is -2.08. The molecule has 0 aliphatic heterocycles. The average Bonchev–Trinajstić information content (AvgIpc) is 2.94. The van der Waals surface area contributed by atoms with E-state index in [-0.39, 0.29) is 5.30 Å². The van der Waals surface area contributed by atoms with Gasteiger partial charge in [0.25, 0.3) is 0 Å². The summed E-state index contributed by atoms with van der Waals surface area (Å²) < 4.78 is 7.28. The Bertz CT molecular complexity index is 863. The van der Waals surface area contributed by atoms with Crippen molar-refractivity contribution in [3.8, 4) is 0 Å². The van der Waals surface area contributed by atoms with Gasteiger partial charge in [-0.3, -0.25) is 0 Å². The number of benzene rings is 1. The highest BCUT2D eigenvalue weighted by atomic mass is 32.2. The zero-order chi connectivity index (χ0) is 19.6. The summed E-state index contributed by atoms with van der Waals surface area (Å²) in [5, 5.41) is 4.03. The van der Waals surface area contributed by atoms with Crippen molar-refractivity contribution in [2.45, 2.75) is 27.3 Å². The van der Waals surface area contributed by atoms with E-state index in [1.165, 1.54) is 33.9 Å². The summed E-state index contributed by atoms with van der Waals surface area (Å²) in [5.41, 5.74) is 4.74. The largest absolute Gasteiger partial charge is 0.458 e. The highest BCUT2D eigenvalue weighted by Crippen LogP contribution is 2.28. The molecular formula is C22H28N2O2S. The number of carbonyl (C=O) groups is 1. The minimum Gasteiger partial charge on any atom is -0.458 e. The molecule has 0 fully saturated rings. The fraction of sp³-hybridized carbons (Fsp3) is 0.318. The van der Waals surface area contributed by atoms with Gasteiger partial charge in [0.05, 0.1) is 6.61 Å². The van der Waals surface area contributed by atoms with Crippen LogP contribution in [0.1, 0.15) is 25.1 Å². The summed E-state index contributed by atoms with van der Waals surface area (Å²) in [7, 11) is 1.89. The molecule has 1 aromatic carbocycles. The number of carbonyl (C=O) groups excluding carboxylic acids is 1. The Kier molecular flexibility index (Phi) is 8.27. The first kappa shape index (κ1) is 20.9. The molecule has 5 heteroatoms. The van der Waals surface area contributed by atoms with E-state index in [9.17, 15) is 4.79 Å². The molecule has 1 heterocycles. The van der Waals surface area contributed by atoms with Gasteiger partial charge in [0.1, 0.15) is 0 Å². The topological polar surface area (TPSA) is 43.3 Å². The van der Waals surface area contributed by atoms with Crippen molar-refractivity contribution in [1.29, 1.82) is 0 Å². The third-order valence-electron chi connectivity index (χ3n) is 4.29. The Balaban J connectivity index is 2.28. The first-order valence-corrected chi connectivity index (χ1v) is 10.2. The van der Waals surface area contributed by atoms with Crippen molar-refractivity contribution in [3.05, 3.63) is 65.5 Å². The summed E-state index contributed by atoms with van der Waals surface area (Å²) in [6.07, 6.45) is 10.3. The number of aromatic nitrogens is 1. The number of fused-ring (bicyclic) bond motifs is 1. The number of nitrogens with one attached hydrogen (secondary N) is 1. The Labute approximate surface area is 166 Å². The molecule has 27 heavy (non-hydrogen) atoms. The van der Waals surface area contributed by atoms with E-state index in [4.69, 9.17) is 4.74 Å². The van der Waals surface area contributed by atoms with Crippen molar-refractivity contribution in [2.75, 3.05) is 19.4 Å². The van der Waals surface area contributed by atoms with Crippen LogP contribution in [0.3, 0.4) is 0 Å². The molecule has 0 unspecified atom stereocenters. The lowest BCUT2D eigenvalue weighted by molar-refractivity contribution is 0.181. The third-order valence-corrected chi connectivity index (χ3v) is 5.04. The minimum absolute atomic E-state index is 0.208. The van der Waals surface area contributed by atoms with Gasteiger partial charge in [-0.1, -0.05) is 36.4 Å². The number of nitrogens with zero attached hydrogens (tertiary/aromatic N) is 1. The summed E-state index contributed by atoms with van der Waals surface area (Å²) in [6, 6.07) is 8.40. The Morgan fingerprint density at radius 2 is 2.07 bits per heavy atom. The Morgan fingerprint density at radius 1 is 1.30 bits per heavy atom. The predicted octanol–water partition coefficient (Wildman–Crippen LogP) is 5.53. The van der Waals surface area contributed by atoms with Crippen LogP contribution < -0.4 is 5.32 Å². The van der Waals surface area contributed by atoms with Gasteiger partial charge in [0.15, 0.2) is 0 Å². The maximum absolute atomic E-state index is 11.6. The first-order chi connectivity index (χ1) is 13.1. The Morgan fingerprint density at radius 3 is 2.78 bits per heavy atom. The smallest absolute Gasteiger partial charge is 0.367 e. The van der Waals surface area contributed by atoms with Crippen molar-refractivity contribution in [1.82, 2.24) is 9.88 Å². The van der Waals surface area contributed by atoms with E-state index in [1.54, 1.807) is 0 Å². The van der Waals surface area contributed by atoms with Crippen LogP contribution in [0.2, 0.25) is 0 Å². The van der Waals surface area contributed by atoms with Crippen molar-refractivity contribution in [3.63, 3.8) is 0 Å². The summed E-state index contributed by atoms with van der Waals surface area (Å²) in [6.45, 7) is 7.17. The number of para-hydroxylation sites is 1. The van der Waals surface area contributed by atoms with E-state index in [1.807, 2.05) is 33.2 Å². The highest BCUT2D eigenvalue weighted by Gasteiger charge is 2.12. The first-order valence-electron chi connectivity index (χ1n) is 9.18. The van der Waals surface area contributed by atoms with Crippen LogP contribution in [0.15, 0.2) is 54.3 Å². The highest BCUT2D eigenvalue weighted by molar-refractivity contribution is 8.13. The van der Waals surface area contributed by atoms with Crippen LogP contribution in [-0.2, 0) is 11.3 Å². The lowest BCUT2D eigenvalue weighted by atomic mass is 10.1. The van der Waals surface area contributed by atoms with Crippen LogP contribution >= 0.6 is 11.8 Å². The molecule has 0 bridgehead atoms. The number of aryl methyl sites for hydroxylation is 1. The van der Waals surface area contributed by atoms with E-state index < -0.39 is 0 Å². The van der Waals surface area contributed by atoms with Gasteiger partial charge >= 0.3 is 5.30 Å². The van der Waals surface area contributed by atoms with Crippen LogP contribution in [0.25, 0.3) is 17.0 Å². The Hall–Kier alpha value is -2.40. The monoisotopic (exact) mass is 384 g/mol. The molecule has 0 radical (unpaired) electrons. The zero-order valence-electron chi connectivity index (χ0n) is 16.5. The number of hydrogen-bond donors (Lipinski definition) is 1. The number of allylic oxidation sites excluding steroid dienone is 4. The van der Waals surface area contributed by atoms with Crippen LogP contribution in [-0.4, -0.2) is 29.3 Å². The molecule has 0 aliphatic carbocycles. The van der Waals surface area contributed by atoms with Gasteiger partial charge in [0, 0.05) is 41.5 Å². The molecule has 2 aromatic rings. The van der Waals surface area contributed by atoms with Crippen molar-refractivity contribution < 1.29 is 9.53 Å². The molecule has 0 amide bonds. The minimum atomic E-state index is -0.208. The van der Waals surface area contributed by atoms with Gasteiger partial charge in [-0.2, -0.15) is 0 Å². The second-order valence-electron chi connectivity index (χ2n) is 5.94. The number of rotatable bonds is 8. The molecule has 0 atom stereocenters. The number of thioether (sulfide) groups is 1. The molecule has 1 N–H and O–H groups in total. The van der Waals surface area contributed by atoms with E-state index in [0.29, 0.717) is 12.4 Å². The van der Waals surface area contributed by atoms with E-state index >= 15 is 0 Å². The molecule has 2 rings (SSSR count). The lowest BCUT2D eigenvalue weighted by Crippen LogP contribution is -2.05.